The van der Waals surface area contributed by atoms with Gasteiger partial charge in [0.05, 0.1) is 26.3 Å². The number of pyridine rings is 1. The second kappa shape index (κ2) is 7.43. The summed E-state index contributed by atoms with van der Waals surface area (Å²) in [6.07, 6.45) is 3.20. The Morgan fingerprint density at radius 3 is 2.50 bits per heavy atom. The lowest BCUT2D eigenvalue weighted by molar-refractivity contribution is 0.0685. The molecular formula is C19H20N2O5. The van der Waals surface area contributed by atoms with Crippen molar-refractivity contribution < 1.29 is 24.2 Å². The molecule has 1 N–H and O–H groups in total. The highest BCUT2D eigenvalue weighted by Crippen LogP contribution is 2.33. The van der Waals surface area contributed by atoms with Gasteiger partial charge in [0, 0.05) is 17.8 Å². The highest BCUT2D eigenvalue weighted by Gasteiger charge is 2.34. The molecule has 0 spiro atoms. The fourth-order valence-electron chi connectivity index (χ4n) is 2.75. The Kier molecular flexibility index (Phi) is 5.06. The third kappa shape index (κ3) is 3.77. The molecule has 136 valence electrons. The van der Waals surface area contributed by atoms with E-state index in [0.29, 0.717) is 23.6 Å². The summed E-state index contributed by atoms with van der Waals surface area (Å²) in [4.78, 5) is 29.5. The molecule has 0 radical (unpaired) electrons. The van der Waals surface area contributed by atoms with Gasteiger partial charge in [-0.25, -0.2) is 9.78 Å². The monoisotopic (exact) mass is 356 g/mol. The molecule has 3 rings (SSSR count). The molecule has 0 bridgehead atoms. The predicted octanol–water partition coefficient (Wildman–Crippen LogP) is 2.60. The number of benzene rings is 1. The first-order valence-corrected chi connectivity index (χ1v) is 8.24. The van der Waals surface area contributed by atoms with Crippen LogP contribution in [0.2, 0.25) is 0 Å². The Morgan fingerprint density at radius 2 is 1.96 bits per heavy atom. The largest absolute Gasteiger partial charge is 0.497 e. The Hall–Kier alpha value is -3.09. The number of nitrogens with zero attached hydrogens (tertiary/aromatic N) is 2. The third-order valence-electron chi connectivity index (χ3n) is 4.31. The number of carbonyl (C=O) groups is 2. The SMILES string of the molecule is COc1ccc(OC)c(CN(C(=O)c2ccc(C(=O)O)nc2)C2CC2)c1. The number of hydrogen-bond donors (Lipinski definition) is 1. The van der Waals surface area contributed by atoms with Gasteiger partial charge in [-0.1, -0.05) is 0 Å². The average Bonchev–Trinajstić information content (AvgIpc) is 3.50. The summed E-state index contributed by atoms with van der Waals surface area (Å²) in [6.45, 7) is 0.380. The van der Waals surface area contributed by atoms with Gasteiger partial charge in [0.25, 0.3) is 5.91 Å². The van der Waals surface area contributed by atoms with Gasteiger partial charge in [-0.3, -0.25) is 4.79 Å². The van der Waals surface area contributed by atoms with Crippen LogP contribution in [0, 0.1) is 0 Å². The van der Waals surface area contributed by atoms with Crippen molar-refractivity contribution in [1.29, 1.82) is 0 Å². The van der Waals surface area contributed by atoms with Gasteiger partial charge in [0.15, 0.2) is 0 Å². The zero-order chi connectivity index (χ0) is 18.7. The first kappa shape index (κ1) is 17.7. The van der Waals surface area contributed by atoms with E-state index in [1.165, 1.54) is 18.3 Å². The zero-order valence-electron chi connectivity index (χ0n) is 14.6. The van der Waals surface area contributed by atoms with Crippen molar-refractivity contribution in [2.75, 3.05) is 14.2 Å². The minimum atomic E-state index is -1.12. The molecule has 1 aromatic carbocycles. The maximum Gasteiger partial charge on any atom is 0.354 e. The molecule has 1 heterocycles. The van der Waals surface area contributed by atoms with Crippen molar-refractivity contribution in [3.8, 4) is 11.5 Å². The summed E-state index contributed by atoms with van der Waals surface area (Å²) < 4.78 is 10.7. The molecule has 1 saturated carbocycles. The predicted molar refractivity (Wildman–Crippen MR) is 93.6 cm³/mol. The molecule has 1 aliphatic carbocycles. The van der Waals surface area contributed by atoms with E-state index in [1.807, 2.05) is 12.1 Å². The quantitative estimate of drug-likeness (QED) is 0.820. The van der Waals surface area contributed by atoms with Gasteiger partial charge >= 0.3 is 5.97 Å². The van der Waals surface area contributed by atoms with E-state index in [0.717, 1.165) is 18.4 Å². The van der Waals surface area contributed by atoms with Crippen molar-refractivity contribution in [3.05, 3.63) is 53.3 Å². The molecule has 1 aliphatic rings. The smallest absolute Gasteiger partial charge is 0.354 e. The Balaban J connectivity index is 1.86. The first-order valence-electron chi connectivity index (χ1n) is 8.24. The number of ether oxygens (including phenoxy) is 2. The van der Waals surface area contributed by atoms with Crippen molar-refractivity contribution in [2.24, 2.45) is 0 Å². The lowest BCUT2D eigenvalue weighted by atomic mass is 10.1. The number of aromatic carboxylic acids is 1. The van der Waals surface area contributed by atoms with Crippen LogP contribution in [0.4, 0.5) is 0 Å². The number of amides is 1. The van der Waals surface area contributed by atoms with Gasteiger partial charge < -0.3 is 19.5 Å². The number of carboxylic acid groups (broad SMARTS) is 1. The van der Waals surface area contributed by atoms with Gasteiger partial charge in [0.2, 0.25) is 0 Å². The molecule has 1 amide bonds. The summed E-state index contributed by atoms with van der Waals surface area (Å²) in [5.41, 5.74) is 1.12. The summed E-state index contributed by atoms with van der Waals surface area (Å²) in [6, 6.07) is 8.47. The Bertz CT molecular complexity index is 815. The lowest BCUT2D eigenvalue weighted by Crippen LogP contribution is -2.33. The van der Waals surface area contributed by atoms with Crippen molar-refractivity contribution in [2.45, 2.75) is 25.4 Å². The molecule has 7 heteroatoms. The number of methoxy groups -OCH3 is 2. The normalized spacial score (nSPS) is 13.2. The second-order valence-electron chi connectivity index (χ2n) is 6.08. The molecule has 26 heavy (non-hydrogen) atoms. The van der Waals surface area contributed by atoms with E-state index in [4.69, 9.17) is 14.6 Å². The molecule has 2 aromatic rings. The zero-order valence-corrected chi connectivity index (χ0v) is 14.6. The van der Waals surface area contributed by atoms with Crippen molar-refractivity contribution in [1.82, 2.24) is 9.88 Å². The van der Waals surface area contributed by atoms with Crippen LogP contribution in [0.25, 0.3) is 0 Å². The van der Waals surface area contributed by atoms with Crippen LogP contribution in [0.3, 0.4) is 0 Å². The third-order valence-corrected chi connectivity index (χ3v) is 4.31. The second-order valence-corrected chi connectivity index (χ2v) is 6.08. The van der Waals surface area contributed by atoms with E-state index in [9.17, 15) is 9.59 Å². The Labute approximate surface area is 151 Å². The minimum Gasteiger partial charge on any atom is -0.497 e. The van der Waals surface area contributed by atoms with Crippen LogP contribution < -0.4 is 9.47 Å². The van der Waals surface area contributed by atoms with Crippen molar-refractivity contribution in [3.63, 3.8) is 0 Å². The molecule has 1 fully saturated rings. The number of hydrogen-bond acceptors (Lipinski definition) is 5. The van der Waals surface area contributed by atoms with Crippen molar-refractivity contribution >= 4 is 11.9 Å². The molecule has 0 atom stereocenters. The molecule has 7 nitrogen and oxygen atoms in total. The van der Waals surface area contributed by atoms with Crippen LogP contribution in [-0.4, -0.2) is 47.1 Å². The number of carboxylic acids is 1. The lowest BCUT2D eigenvalue weighted by Gasteiger charge is -2.24. The fraction of sp³-hybridized carbons (Fsp3) is 0.316. The van der Waals surface area contributed by atoms with E-state index >= 15 is 0 Å². The maximum absolute atomic E-state index is 12.9. The van der Waals surface area contributed by atoms with Crippen LogP contribution in [0.1, 0.15) is 39.3 Å². The van der Waals surface area contributed by atoms with Gasteiger partial charge in [-0.05, 0) is 43.2 Å². The van der Waals surface area contributed by atoms with Crippen LogP contribution in [0.5, 0.6) is 11.5 Å². The number of rotatable bonds is 7. The number of aromatic nitrogens is 1. The van der Waals surface area contributed by atoms with E-state index in [1.54, 1.807) is 25.2 Å². The number of carbonyl (C=O) groups excluding carboxylic acids is 1. The van der Waals surface area contributed by atoms with E-state index < -0.39 is 5.97 Å². The molecule has 0 aliphatic heterocycles. The van der Waals surface area contributed by atoms with E-state index in [2.05, 4.69) is 4.98 Å². The first-order chi connectivity index (χ1) is 12.5. The van der Waals surface area contributed by atoms with Crippen LogP contribution >= 0.6 is 0 Å². The topological polar surface area (TPSA) is 89.0 Å². The minimum absolute atomic E-state index is 0.0889. The summed E-state index contributed by atoms with van der Waals surface area (Å²) in [5.74, 6) is 0.0750. The van der Waals surface area contributed by atoms with Gasteiger partial charge in [-0.2, -0.15) is 0 Å². The highest BCUT2D eigenvalue weighted by atomic mass is 16.5. The maximum atomic E-state index is 12.9. The molecular weight excluding hydrogens is 336 g/mol. The molecule has 0 saturated heterocycles. The summed E-state index contributed by atoms with van der Waals surface area (Å²) in [5, 5.41) is 8.94. The summed E-state index contributed by atoms with van der Waals surface area (Å²) in [7, 11) is 3.17. The molecule has 0 unspecified atom stereocenters. The van der Waals surface area contributed by atoms with Gasteiger partial charge in [0.1, 0.15) is 17.2 Å². The fourth-order valence-corrected chi connectivity index (χ4v) is 2.75. The highest BCUT2D eigenvalue weighted by molar-refractivity contribution is 5.95. The average molecular weight is 356 g/mol. The Morgan fingerprint density at radius 1 is 1.19 bits per heavy atom. The summed E-state index contributed by atoms with van der Waals surface area (Å²) >= 11 is 0. The van der Waals surface area contributed by atoms with Crippen LogP contribution in [0.15, 0.2) is 36.5 Å². The molecule has 1 aromatic heterocycles. The van der Waals surface area contributed by atoms with E-state index in [-0.39, 0.29) is 17.6 Å². The van der Waals surface area contributed by atoms with Gasteiger partial charge in [-0.15, -0.1) is 0 Å². The van der Waals surface area contributed by atoms with Crippen LogP contribution in [-0.2, 0) is 6.54 Å². The standard InChI is InChI=1S/C19H20N2O5/c1-25-15-6-8-17(26-2)13(9-15)11-21(14-4-5-14)18(22)12-3-7-16(19(23)24)20-10-12/h3,6-10,14H,4-5,11H2,1-2H3,(H,23,24).